The van der Waals surface area contributed by atoms with Gasteiger partial charge >= 0.3 is 0 Å². The zero-order valence-corrected chi connectivity index (χ0v) is 8.36. The third-order valence-corrected chi connectivity index (χ3v) is 1.92. The first-order valence-corrected chi connectivity index (χ1v) is 4.66. The van der Waals surface area contributed by atoms with Crippen LogP contribution in [0.2, 0.25) is 0 Å². The lowest BCUT2D eigenvalue weighted by Crippen LogP contribution is -2.53. The van der Waals surface area contributed by atoms with Gasteiger partial charge in [-0.15, -0.1) is 0 Å². The average molecular weight is 225 g/mol. The zero-order chi connectivity index (χ0) is 11.8. The molecular weight excluding hydrogens is 206 g/mol. The summed E-state index contributed by atoms with van der Waals surface area (Å²) in [6.45, 7) is 0.0639. The van der Waals surface area contributed by atoms with Gasteiger partial charge in [0, 0.05) is 6.54 Å². The van der Waals surface area contributed by atoms with Crippen molar-refractivity contribution in [2.75, 3.05) is 26.4 Å². The van der Waals surface area contributed by atoms with Crippen molar-refractivity contribution < 1.29 is 30.3 Å². The number of rotatable bonds is 2. The molecule has 0 aromatic rings. The van der Waals surface area contributed by atoms with Gasteiger partial charge in [-0.1, -0.05) is 0 Å². The van der Waals surface area contributed by atoms with Crippen LogP contribution in [0.4, 0.5) is 0 Å². The zero-order valence-electron chi connectivity index (χ0n) is 8.36. The van der Waals surface area contributed by atoms with Crippen LogP contribution in [0.3, 0.4) is 0 Å². The maximum atomic E-state index is 9.11. The fourth-order valence-electron chi connectivity index (χ4n) is 1.03. The highest BCUT2D eigenvalue weighted by Gasteiger charge is 2.36. The molecule has 7 N–H and O–H groups in total. The van der Waals surface area contributed by atoms with E-state index in [0.717, 1.165) is 0 Å². The predicted molar refractivity (Wildman–Crippen MR) is 51.0 cm³/mol. The van der Waals surface area contributed by atoms with Gasteiger partial charge in [0.1, 0.15) is 24.4 Å². The standard InChI is InChI=1S/C6H12O5.C2H7NO/c7-1-4-6(10)5(9)3(8)2-11-4;3-1-2-4/h3-10H,1-2H2;4H,1-3H2. The first-order chi connectivity index (χ1) is 7.08. The van der Waals surface area contributed by atoms with E-state index in [0.29, 0.717) is 6.54 Å². The molecular formula is C8H19NO6. The highest BCUT2D eigenvalue weighted by Crippen LogP contribution is 2.14. The van der Waals surface area contributed by atoms with E-state index in [4.69, 9.17) is 36.0 Å². The van der Waals surface area contributed by atoms with Crippen molar-refractivity contribution in [3.05, 3.63) is 0 Å². The molecule has 1 saturated heterocycles. The van der Waals surface area contributed by atoms with E-state index in [1.165, 1.54) is 0 Å². The summed E-state index contributed by atoms with van der Waals surface area (Å²) in [5, 5.41) is 43.5. The number of hydrogen-bond acceptors (Lipinski definition) is 7. The molecule has 0 aromatic heterocycles. The second kappa shape index (κ2) is 7.94. The number of aliphatic hydroxyl groups excluding tert-OH is 5. The van der Waals surface area contributed by atoms with E-state index in [1.54, 1.807) is 0 Å². The Labute approximate surface area is 87.7 Å². The van der Waals surface area contributed by atoms with Crippen molar-refractivity contribution >= 4 is 0 Å². The summed E-state index contributed by atoms with van der Waals surface area (Å²) in [6.07, 6.45) is -4.27. The molecule has 0 amide bonds. The largest absolute Gasteiger partial charge is 0.395 e. The second-order valence-electron chi connectivity index (χ2n) is 3.12. The number of hydrogen-bond donors (Lipinski definition) is 6. The second-order valence-corrected chi connectivity index (χ2v) is 3.12. The molecule has 15 heavy (non-hydrogen) atoms. The van der Waals surface area contributed by atoms with Gasteiger partial charge in [0.2, 0.25) is 0 Å². The van der Waals surface area contributed by atoms with E-state index >= 15 is 0 Å². The summed E-state index contributed by atoms with van der Waals surface area (Å²) in [5.41, 5.74) is 4.78. The molecule has 0 aromatic carbocycles. The molecule has 1 fully saturated rings. The van der Waals surface area contributed by atoms with Crippen LogP contribution in [0, 0.1) is 0 Å². The summed E-state index contributed by atoms with van der Waals surface area (Å²) < 4.78 is 4.81. The Bertz CT molecular complexity index is 154. The van der Waals surface area contributed by atoms with Gasteiger partial charge in [-0.05, 0) is 0 Å². The van der Waals surface area contributed by atoms with Crippen LogP contribution in [-0.2, 0) is 4.74 Å². The molecule has 1 heterocycles. The lowest BCUT2D eigenvalue weighted by Gasteiger charge is -2.34. The topological polar surface area (TPSA) is 136 Å². The number of nitrogens with two attached hydrogens (primary N) is 1. The quantitative estimate of drug-likeness (QED) is 0.285. The van der Waals surface area contributed by atoms with Crippen molar-refractivity contribution in [2.24, 2.45) is 5.73 Å². The van der Waals surface area contributed by atoms with Crippen molar-refractivity contribution in [3.8, 4) is 0 Å². The van der Waals surface area contributed by atoms with Crippen LogP contribution >= 0.6 is 0 Å². The molecule has 0 saturated carbocycles. The Morgan fingerprint density at radius 3 is 2.07 bits per heavy atom. The molecule has 0 bridgehead atoms. The maximum Gasteiger partial charge on any atom is 0.111 e. The van der Waals surface area contributed by atoms with Gasteiger partial charge in [-0.25, -0.2) is 0 Å². The molecule has 7 nitrogen and oxygen atoms in total. The fourth-order valence-corrected chi connectivity index (χ4v) is 1.03. The van der Waals surface area contributed by atoms with Gasteiger partial charge in [0.05, 0.1) is 19.8 Å². The molecule has 0 aliphatic carbocycles. The first-order valence-electron chi connectivity index (χ1n) is 4.66. The summed E-state index contributed by atoms with van der Waals surface area (Å²) in [7, 11) is 0. The van der Waals surface area contributed by atoms with Gasteiger partial charge in [-0.3, -0.25) is 0 Å². The molecule has 1 aliphatic rings. The van der Waals surface area contributed by atoms with Crippen LogP contribution in [0.1, 0.15) is 0 Å². The summed E-state index contributed by atoms with van der Waals surface area (Å²) in [5.74, 6) is 0. The summed E-state index contributed by atoms with van der Waals surface area (Å²) in [4.78, 5) is 0. The number of ether oxygens (including phenoxy) is 1. The van der Waals surface area contributed by atoms with E-state index in [9.17, 15) is 0 Å². The normalized spacial score (nSPS) is 35.6. The molecule has 1 rings (SSSR count). The average Bonchev–Trinajstić information content (AvgIpc) is 2.27. The van der Waals surface area contributed by atoms with Crippen LogP contribution in [-0.4, -0.2) is 76.3 Å². The lowest BCUT2D eigenvalue weighted by molar-refractivity contribution is -0.195. The van der Waals surface area contributed by atoms with Crippen LogP contribution in [0.5, 0.6) is 0 Å². The Morgan fingerprint density at radius 1 is 1.13 bits per heavy atom. The lowest BCUT2D eigenvalue weighted by atomic mass is 10.0. The Morgan fingerprint density at radius 2 is 1.67 bits per heavy atom. The summed E-state index contributed by atoms with van der Waals surface area (Å²) in [6, 6.07) is 0. The maximum absolute atomic E-state index is 9.11. The van der Waals surface area contributed by atoms with Gasteiger partial charge in [-0.2, -0.15) is 0 Å². The van der Waals surface area contributed by atoms with E-state index < -0.39 is 24.4 Å². The molecule has 1 aliphatic heterocycles. The minimum absolute atomic E-state index is 0.0521. The first kappa shape index (κ1) is 14.7. The van der Waals surface area contributed by atoms with Gasteiger partial charge in [0.25, 0.3) is 0 Å². The van der Waals surface area contributed by atoms with Crippen LogP contribution < -0.4 is 5.73 Å². The van der Waals surface area contributed by atoms with E-state index in [-0.39, 0.29) is 19.8 Å². The molecule has 0 radical (unpaired) electrons. The van der Waals surface area contributed by atoms with Gasteiger partial charge < -0.3 is 36.0 Å². The SMILES string of the molecule is NCCO.OCC1OCC(O)C(O)C1O. The van der Waals surface area contributed by atoms with Gasteiger partial charge in [0.15, 0.2) is 0 Å². The third-order valence-electron chi connectivity index (χ3n) is 1.92. The third kappa shape index (κ3) is 4.85. The molecule has 7 heteroatoms. The minimum Gasteiger partial charge on any atom is -0.395 e. The van der Waals surface area contributed by atoms with Crippen molar-refractivity contribution in [1.82, 2.24) is 0 Å². The van der Waals surface area contributed by atoms with Crippen molar-refractivity contribution in [1.29, 1.82) is 0 Å². The Balaban J connectivity index is 0.000000423. The van der Waals surface area contributed by atoms with E-state index in [1.807, 2.05) is 0 Å². The number of aliphatic hydroxyl groups is 5. The fraction of sp³-hybridized carbons (Fsp3) is 1.00. The molecule has 0 spiro atoms. The predicted octanol–water partition coefficient (Wildman–Crippen LogP) is -3.60. The Hall–Kier alpha value is -0.280. The molecule has 4 atom stereocenters. The molecule has 92 valence electrons. The summed E-state index contributed by atoms with van der Waals surface area (Å²) >= 11 is 0. The highest BCUT2D eigenvalue weighted by atomic mass is 16.5. The smallest absolute Gasteiger partial charge is 0.111 e. The highest BCUT2D eigenvalue weighted by molar-refractivity contribution is 4.85. The monoisotopic (exact) mass is 225 g/mol. The van der Waals surface area contributed by atoms with Crippen LogP contribution in [0.25, 0.3) is 0 Å². The van der Waals surface area contributed by atoms with Crippen molar-refractivity contribution in [2.45, 2.75) is 24.4 Å². The van der Waals surface area contributed by atoms with Crippen molar-refractivity contribution in [3.63, 3.8) is 0 Å². The molecule has 4 unspecified atom stereocenters. The Kier molecular flexibility index (Phi) is 7.79. The minimum atomic E-state index is -1.22. The van der Waals surface area contributed by atoms with Crippen LogP contribution in [0.15, 0.2) is 0 Å². The van der Waals surface area contributed by atoms with E-state index in [2.05, 4.69) is 0 Å².